The SMILES string of the molecule is Cc1c(/C=C2/SC(=Nc3cccc(Cl)c3)NC2=O)c2ccccc2n1C. The zero-order chi connectivity index (χ0) is 18.3. The van der Waals surface area contributed by atoms with Crippen LogP contribution in [0.4, 0.5) is 5.69 Å². The lowest BCUT2D eigenvalue weighted by atomic mass is 10.1. The number of amides is 1. The van der Waals surface area contributed by atoms with Crippen LogP contribution in [-0.4, -0.2) is 15.6 Å². The number of carbonyl (C=O) groups excluding carboxylic acids is 1. The molecule has 0 unspecified atom stereocenters. The molecule has 26 heavy (non-hydrogen) atoms. The molecular formula is C20H16ClN3OS. The lowest BCUT2D eigenvalue weighted by Crippen LogP contribution is -2.19. The minimum absolute atomic E-state index is 0.136. The molecule has 4 nitrogen and oxygen atoms in total. The number of aromatic nitrogens is 1. The van der Waals surface area contributed by atoms with Gasteiger partial charge < -0.3 is 9.88 Å². The Kier molecular flexibility index (Phi) is 4.34. The number of carbonyl (C=O) groups is 1. The Balaban J connectivity index is 1.71. The van der Waals surface area contributed by atoms with Gasteiger partial charge in [0.25, 0.3) is 5.91 Å². The average Bonchev–Trinajstić information content (AvgIpc) is 3.08. The zero-order valence-corrected chi connectivity index (χ0v) is 15.9. The molecule has 0 saturated carbocycles. The van der Waals surface area contributed by atoms with E-state index in [0.29, 0.717) is 20.8 Å². The second kappa shape index (κ2) is 6.67. The summed E-state index contributed by atoms with van der Waals surface area (Å²) in [5.41, 5.74) is 4.04. The first-order valence-electron chi connectivity index (χ1n) is 8.12. The van der Waals surface area contributed by atoms with Gasteiger partial charge in [-0.15, -0.1) is 0 Å². The van der Waals surface area contributed by atoms with Gasteiger partial charge in [-0.2, -0.15) is 0 Å². The summed E-state index contributed by atoms with van der Waals surface area (Å²) in [6.45, 7) is 2.06. The summed E-state index contributed by atoms with van der Waals surface area (Å²) in [7, 11) is 2.04. The van der Waals surface area contributed by atoms with E-state index in [1.807, 2.05) is 37.4 Å². The number of amidine groups is 1. The van der Waals surface area contributed by atoms with E-state index < -0.39 is 0 Å². The second-order valence-corrected chi connectivity index (χ2v) is 7.50. The van der Waals surface area contributed by atoms with Crippen molar-refractivity contribution >= 4 is 57.1 Å². The van der Waals surface area contributed by atoms with Crippen molar-refractivity contribution in [2.24, 2.45) is 12.0 Å². The maximum absolute atomic E-state index is 12.4. The minimum atomic E-state index is -0.136. The molecule has 0 aliphatic carbocycles. The van der Waals surface area contributed by atoms with E-state index in [4.69, 9.17) is 11.6 Å². The van der Waals surface area contributed by atoms with Crippen LogP contribution < -0.4 is 5.32 Å². The Bertz CT molecular complexity index is 1100. The van der Waals surface area contributed by atoms with E-state index in [1.165, 1.54) is 11.8 Å². The van der Waals surface area contributed by atoms with E-state index in [9.17, 15) is 4.79 Å². The predicted octanol–water partition coefficient (Wildman–Crippen LogP) is 5.03. The molecule has 0 atom stereocenters. The first-order chi connectivity index (χ1) is 12.5. The van der Waals surface area contributed by atoms with Crippen LogP contribution in [0.3, 0.4) is 0 Å². The molecule has 4 rings (SSSR count). The van der Waals surface area contributed by atoms with Crippen LogP contribution in [0.5, 0.6) is 0 Å². The maximum atomic E-state index is 12.4. The van der Waals surface area contributed by atoms with Crippen LogP contribution in [0.25, 0.3) is 17.0 Å². The fraction of sp³-hybridized carbons (Fsp3) is 0.100. The number of aryl methyl sites for hydroxylation is 1. The van der Waals surface area contributed by atoms with Gasteiger partial charge >= 0.3 is 0 Å². The van der Waals surface area contributed by atoms with Crippen LogP contribution >= 0.6 is 23.4 Å². The summed E-state index contributed by atoms with van der Waals surface area (Å²) in [5, 5.41) is 5.13. The van der Waals surface area contributed by atoms with E-state index in [-0.39, 0.29) is 5.91 Å². The van der Waals surface area contributed by atoms with E-state index in [1.54, 1.807) is 12.1 Å². The monoisotopic (exact) mass is 381 g/mol. The normalized spacial score (nSPS) is 17.4. The number of thioether (sulfide) groups is 1. The number of hydrogen-bond donors (Lipinski definition) is 1. The Morgan fingerprint density at radius 3 is 2.81 bits per heavy atom. The van der Waals surface area contributed by atoms with Crippen molar-refractivity contribution in [2.45, 2.75) is 6.92 Å². The Hall–Kier alpha value is -2.50. The summed E-state index contributed by atoms with van der Waals surface area (Å²) < 4.78 is 2.14. The van der Waals surface area contributed by atoms with Crippen LogP contribution in [0.1, 0.15) is 11.3 Å². The molecule has 1 saturated heterocycles. The highest BCUT2D eigenvalue weighted by atomic mass is 35.5. The molecule has 2 aromatic carbocycles. The van der Waals surface area contributed by atoms with Crippen LogP contribution in [0.2, 0.25) is 5.02 Å². The highest BCUT2D eigenvalue weighted by Gasteiger charge is 2.25. The molecule has 1 N–H and O–H groups in total. The summed E-state index contributed by atoms with van der Waals surface area (Å²) in [6.07, 6.45) is 1.94. The first-order valence-corrected chi connectivity index (χ1v) is 9.31. The number of nitrogens with zero attached hydrogens (tertiary/aromatic N) is 2. The molecule has 3 aromatic rings. The zero-order valence-electron chi connectivity index (χ0n) is 14.3. The third-order valence-electron chi connectivity index (χ3n) is 4.41. The fourth-order valence-electron chi connectivity index (χ4n) is 3.01. The molecular weight excluding hydrogens is 366 g/mol. The maximum Gasteiger partial charge on any atom is 0.264 e. The van der Waals surface area contributed by atoms with Crippen LogP contribution in [-0.2, 0) is 11.8 Å². The highest BCUT2D eigenvalue weighted by molar-refractivity contribution is 8.18. The van der Waals surface area contributed by atoms with Crippen molar-refractivity contribution in [3.8, 4) is 0 Å². The number of halogens is 1. The van der Waals surface area contributed by atoms with E-state index >= 15 is 0 Å². The fourth-order valence-corrected chi connectivity index (χ4v) is 4.01. The predicted molar refractivity (Wildman–Crippen MR) is 110 cm³/mol. The van der Waals surface area contributed by atoms with Crippen LogP contribution in [0, 0.1) is 6.92 Å². The van der Waals surface area contributed by atoms with Gasteiger partial charge in [-0.25, -0.2) is 4.99 Å². The average molecular weight is 382 g/mol. The van der Waals surface area contributed by atoms with E-state index in [2.05, 4.69) is 33.9 Å². The van der Waals surface area contributed by atoms with Crippen molar-refractivity contribution in [1.82, 2.24) is 9.88 Å². The van der Waals surface area contributed by atoms with E-state index in [0.717, 1.165) is 22.2 Å². The van der Waals surface area contributed by atoms with Crippen molar-refractivity contribution in [3.63, 3.8) is 0 Å². The van der Waals surface area contributed by atoms with Gasteiger partial charge in [0.2, 0.25) is 0 Å². The molecule has 1 aliphatic heterocycles. The Labute approximate surface area is 160 Å². The van der Waals surface area contributed by atoms with Crippen LogP contribution in [0.15, 0.2) is 58.4 Å². The standard InChI is InChI=1S/C20H16ClN3OS/c1-12-16(15-8-3-4-9-17(15)24(12)2)11-18-19(25)23-20(26-18)22-14-7-5-6-13(21)10-14/h3-11H,1-2H3,(H,22,23,25)/b18-11+. The van der Waals surface area contributed by atoms with Gasteiger partial charge in [-0.05, 0) is 49.0 Å². The molecule has 6 heteroatoms. The second-order valence-electron chi connectivity index (χ2n) is 6.04. The first kappa shape index (κ1) is 16.9. The van der Waals surface area contributed by atoms with Crippen molar-refractivity contribution in [2.75, 3.05) is 0 Å². The molecule has 1 amide bonds. The largest absolute Gasteiger partial charge is 0.347 e. The molecule has 1 aromatic heterocycles. The number of hydrogen-bond acceptors (Lipinski definition) is 3. The Morgan fingerprint density at radius 2 is 2.00 bits per heavy atom. The summed E-state index contributed by atoms with van der Waals surface area (Å²) in [6, 6.07) is 15.4. The molecule has 0 spiro atoms. The summed E-state index contributed by atoms with van der Waals surface area (Å²) in [5.74, 6) is -0.136. The number of para-hydroxylation sites is 1. The molecule has 1 fully saturated rings. The van der Waals surface area contributed by atoms with Gasteiger partial charge in [0.1, 0.15) is 0 Å². The molecule has 2 heterocycles. The third-order valence-corrected chi connectivity index (χ3v) is 5.56. The number of benzene rings is 2. The van der Waals surface area contributed by atoms with Crippen molar-refractivity contribution in [1.29, 1.82) is 0 Å². The molecule has 0 radical (unpaired) electrons. The number of fused-ring (bicyclic) bond motifs is 1. The minimum Gasteiger partial charge on any atom is -0.347 e. The van der Waals surface area contributed by atoms with Crippen molar-refractivity contribution in [3.05, 3.63) is 69.7 Å². The lowest BCUT2D eigenvalue weighted by molar-refractivity contribution is -0.115. The smallest absolute Gasteiger partial charge is 0.264 e. The lowest BCUT2D eigenvalue weighted by Gasteiger charge is -1.98. The highest BCUT2D eigenvalue weighted by Crippen LogP contribution is 2.32. The number of rotatable bonds is 2. The summed E-state index contributed by atoms with van der Waals surface area (Å²) >= 11 is 7.33. The molecule has 130 valence electrons. The van der Waals surface area contributed by atoms with Gasteiger partial charge in [0.15, 0.2) is 5.17 Å². The van der Waals surface area contributed by atoms with Gasteiger partial charge in [-0.1, -0.05) is 35.9 Å². The number of nitrogens with one attached hydrogen (secondary N) is 1. The Morgan fingerprint density at radius 1 is 1.19 bits per heavy atom. The molecule has 0 bridgehead atoms. The topological polar surface area (TPSA) is 46.4 Å². The summed E-state index contributed by atoms with van der Waals surface area (Å²) in [4.78, 5) is 17.5. The van der Waals surface area contributed by atoms with Crippen molar-refractivity contribution < 1.29 is 4.79 Å². The van der Waals surface area contributed by atoms with Gasteiger partial charge in [-0.3, -0.25) is 4.79 Å². The quantitative estimate of drug-likeness (QED) is 0.632. The third kappa shape index (κ3) is 3.04. The van der Waals surface area contributed by atoms with Gasteiger partial charge in [0, 0.05) is 34.2 Å². The molecule has 1 aliphatic rings. The number of aliphatic imine (C=N–C) groups is 1. The van der Waals surface area contributed by atoms with Gasteiger partial charge in [0.05, 0.1) is 10.6 Å².